The fourth-order valence-corrected chi connectivity index (χ4v) is 0.688. The van der Waals surface area contributed by atoms with Crippen LogP contribution in [-0.4, -0.2) is 12.8 Å². The monoisotopic (exact) mass is 137 g/mol. The largest absolute Gasteiger partial charge is 0.288 e. The standard InChI is InChI=1S/C9H15N/c1-5-7-9(10-4)8(3)6-2/h5-7H,1-4H3/b7-5-,8-6?,10-9?. The normalized spacial score (nSPS) is 14.8. The molecule has 0 atom stereocenters. The van der Waals surface area contributed by atoms with Crippen molar-refractivity contribution in [3.8, 4) is 0 Å². The van der Waals surface area contributed by atoms with Gasteiger partial charge in [0, 0.05) is 7.05 Å². The van der Waals surface area contributed by atoms with Crippen LogP contribution in [-0.2, 0) is 0 Å². The van der Waals surface area contributed by atoms with Crippen molar-refractivity contribution in [3.05, 3.63) is 23.8 Å². The van der Waals surface area contributed by atoms with Gasteiger partial charge in [0.05, 0.1) is 5.71 Å². The summed E-state index contributed by atoms with van der Waals surface area (Å²) in [5.74, 6) is 0. The molecule has 0 aromatic heterocycles. The number of rotatable bonds is 2. The van der Waals surface area contributed by atoms with Gasteiger partial charge in [-0.2, -0.15) is 0 Å². The van der Waals surface area contributed by atoms with Crippen molar-refractivity contribution >= 4 is 5.71 Å². The van der Waals surface area contributed by atoms with Crippen LogP contribution >= 0.6 is 0 Å². The Morgan fingerprint density at radius 1 is 1.30 bits per heavy atom. The van der Waals surface area contributed by atoms with Crippen LogP contribution in [0.4, 0.5) is 0 Å². The van der Waals surface area contributed by atoms with E-state index in [0.29, 0.717) is 0 Å². The Hall–Kier alpha value is -0.850. The highest BCUT2D eigenvalue weighted by Gasteiger charge is 1.91. The zero-order valence-electron chi connectivity index (χ0n) is 7.18. The zero-order valence-corrected chi connectivity index (χ0v) is 7.18. The molecule has 10 heavy (non-hydrogen) atoms. The number of hydrogen-bond donors (Lipinski definition) is 0. The number of aliphatic imine (C=N–C) groups is 1. The first-order valence-corrected chi connectivity index (χ1v) is 3.49. The molecule has 0 aliphatic rings. The van der Waals surface area contributed by atoms with Gasteiger partial charge in [0.1, 0.15) is 0 Å². The predicted molar refractivity (Wildman–Crippen MR) is 47.6 cm³/mol. The number of hydrogen-bond acceptors (Lipinski definition) is 1. The third kappa shape index (κ3) is 2.62. The predicted octanol–water partition coefficient (Wildman–Crippen LogP) is 2.60. The molecule has 56 valence electrons. The van der Waals surface area contributed by atoms with Gasteiger partial charge < -0.3 is 0 Å². The molecule has 0 amide bonds. The van der Waals surface area contributed by atoms with E-state index in [0.717, 1.165) is 5.71 Å². The maximum atomic E-state index is 4.11. The highest BCUT2D eigenvalue weighted by Crippen LogP contribution is 1.97. The molecular formula is C9H15N. The molecule has 0 aromatic carbocycles. The Bertz CT molecular complexity index is 173. The van der Waals surface area contributed by atoms with Crippen molar-refractivity contribution in [1.29, 1.82) is 0 Å². The summed E-state index contributed by atoms with van der Waals surface area (Å²) >= 11 is 0. The van der Waals surface area contributed by atoms with E-state index < -0.39 is 0 Å². The van der Waals surface area contributed by atoms with Gasteiger partial charge in [0.25, 0.3) is 0 Å². The maximum absolute atomic E-state index is 4.11. The van der Waals surface area contributed by atoms with Crippen molar-refractivity contribution < 1.29 is 0 Å². The molecule has 0 saturated heterocycles. The minimum Gasteiger partial charge on any atom is -0.288 e. The van der Waals surface area contributed by atoms with Crippen LogP contribution in [0.15, 0.2) is 28.8 Å². The second-order valence-electron chi connectivity index (χ2n) is 2.08. The molecule has 0 aromatic rings. The minimum absolute atomic E-state index is 1.06. The first-order valence-electron chi connectivity index (χ1n) is 3.49. The lowest BCUT2D eigenvalue weighted by Crippen LogP contribution is -1.93. The average Bonchev–Trinajstić information content (AvgIpc) is 1.99. The lowest BCUT2D eigenvalue weighted by molar-refractivity contribution is 1.40. The van der Waals surface area contributed by atoms with Gasteiger partial charge >= 0.3 is 0 Å². The van der Waals surface area contributed by atoms with Crippen LogP contribution in [0.2, 0.25) is 0 Å². The first-order chi connectivity index (χ1) is 4.76. The summed E-state index contributed by atoms with van der Waals surface area (Å²) in [7, 11) is 1.81. The topological polar surface area (TPSA) is 12.4 Å². The molecule has 0 saturated carbocycles. The van der Waals surface area contributed by atoms with Gasteiger partial charge in [-0.1, -0.05) is 12.2 Å². The Kier molecular flexibility index (Phi) is 4.55. The fourth-order valence-electron chi connectivity index (χ4n) is 0.688. The van der Waals surface area contributed by atoms with Gasteiger partial charge in [-0.05, 0) is 32.4 Å². The fraction of sp³-hybridized carbons (Fsp3) is 0.444. The molecule has 0 fully saturated rings. The molecule has 0 unspecified atom stereocenters. The Morgan fingerprint density at radius 2 is 1.90 bits per heavy atom. The number of allylic oxidation sites excluding steroid dienone is 4. The Morgan fingerprint density at radius 3 is 2.20 bits per heavy atom. The zero-order chi connectivity index (χ0) is 7.98. The molecule has 1 heteroatoms. The van der Waals surface area contributed by atoms with Crippen molar-refractivity contribution in [2.75, 3.05) is 7.05 Å². The Balaban J connectivity index is 4.39. The quantitative estimate of drug-likeness (QED) is 0.519. The van der Waals surface area contributed by atoms with Gasteiger partial charge in [-0.15, -0.1) is 0 Å². The summed E-state index contributed by atoms with van der Waals surface area (Å²) < 4.78 is 0. The summed E-state index contributed by atoms with van der Waals surface area (Å²) in [5.41, 5.74) is 2.28. The van der Waals surface area contributed by atoms with Gasteiger partial charge in [0.2, 0.25) is 0 Å². The first kappa shape index (κ1) is 9.15. The van der Waals surface area contributed by atoms with E-state index in [1.54, 1.807) is 0 Å². The lowest BCUT2D eigenvalue weighted by atomic mass is 10.1. The van der Waals surface area contributed by atoms with Crippen molar-refractivity contribution in [2.24, 2.45) is 4.99 Å². The van der Waals surface area contributed by atoms with Crippen molar-refractivity contribution in [2.45, 2.75) is 20.8 Å². The lowest BCUT2D eigenvalue weighted by Gasteiger charge is -1.96. The third-order valence-corrected chi connectivity index (χ3v) is 1.40. The van der Waals surface area contributed by atoms with E-state index in [2.05, 4.69) is 18.0 Å². The molecule has 0 N–H and O–H groups in total. The molecule has 0 rings (SSSR count). The highest BCUT2D eigenvalue weighted by atomic mass is 14.7. The molecule has 0 heterocycles. The van der Waals surface area contributed by atoms with Crippen LogP contribution in [0.3, 0.4) is 0 Å². The summed E-state index contributed by atoms with van der Waals surface area (Å²) in [6, 6.07) is 0. The van der Waals surface area contributed by atoms with Crippen molar-refractivity contribution in [3.63, 3.8) is 0 Å². The smallest absolute Gasteiger partial charge is 0.0593 e. The maximum Gasteiger partial charge on any atom is 0.0593 e. The Labute approximate surface area is 63.2 Å². The summed E-state index contributed by atoms with van der Waals surface area (Å²) in [6.45, 7) is 6.07. The van der Waals surface area contributed by atoms with Crippen LogP contribution in [0, 0.1) is 0 Å². The van der Waals surface area contributed by atoms with Crippen LogP contribution < -0.4 is 0 Å². The van der Waals surface area contributed by atoms with E-state index in [4.69, 9.17) is 0 Å². The van der Waals surface area contributed by atoms with Gasteiger partial charge in [0.15, 0.2) is 0 Å². The summed E-state index contributed by atoms with van der Waals surface area (Å²) in [4.78, 5) is 4.11. The second-order valence-corrected chi connectivity index (χ2v) is 2.08. The highest BCUT2D eigenvalue weighted by molar-refractivity contribution is 6.07. The molecule has 0 aliphatic heterocycles. The minimum atomic E-state index is 1.06. The van der Waals surface area contributed by atoms with E-state index in [1.807, 2.05) is 33.0 Å². The molecule has 0 bridgehead atoms. The summed E-state index contributed by atoms with van der Waals surface area (Å²) in [5, 5.41) is 0. The van der Waals surface area contributed by atoms with Gasteiger partial charge in [-0.3, -0.25) is 4.99 Å². The average molecular weight is 137 g/mol. The third-order valence-electron chi connectivity index (χ3n) is 1.40. The SMILES string of the molecule is CC=C(C)C(/C=C\C)=NC. The van der Waals surface area contributed by atoms with Crippen LogP contribution in [0.5, 0.6) is 0 Å². The van der Waals surface area contributed by atoms with Crippen molar-refractivity contribution in [1.82, 2.24) is 0 Å². The van der Waals surface area contributed by atoms with E-state index in [1.165, 1.54) is 5.57 Å². The molecule has 0 spiro atoms. The second kappa shape index (κ2) is 4.98. The molecule has 1 nitrogen and oxygen atoms in total. The van der Waals surface area contributed by atoms with E-state index in [9.17, 15) is 0 Å². The van der Waals surface area contributed by atoms with Crippen LogP contribution in [0.1, 0.15) is 20.8 Å². The van der Waals surface area contributed by atoms with Gasteiger partial charge in [-0.25, -0.2) is 0 Å². The molecular weight excluding hydrogens is 122 g/mol. The van der Waals surface area contributed by atoms with E-state index >= 15 is 0 Å². The molecule has 0 radical (unpaired) electrons. The van der Waals surface area contributed by atoms with Crippen LogP contribution in [0.25, 0.3) is 0 Å². The van der Waals surface area contributed by atoms with E-state index in [-0.39, 0.29) is 0 Å². The number of nitrogens with zero attached hydrogens (tertiary/aromatic N) is 1. The summed E-state index contributed by atoms with van der Waals surface area (Å²) in [6.07, 6.45) is 6.06. The molecule has 0 aliphatic carbocycles.